The molecule has 0 aliphatic heterocycles. The van der Waals surface area contributed by atoms with Gasteiger partial charge in [0, 0.05) is 5.56 Å². The molecule has 0 spiro atoms. The van der Waals surface area contributed by atoms with E-state index in [2.05, 4.69) is 0 Å². The van der Waals surface area contributed by atoms with Crippen molar-refractivity contribution in [1.29, 1.82) is 0 Å². The lowest BCUT2D eigenvalue weighted by molar-refractivity contribution is 0.478. The molecular formula is C14H13ClO. The molecule has 0 saturated heterocycles. The Hall–Kier alpha value is -1.47. The molecule has 0 aliphatic carbocycles. The van der Waals surface area contributed by atoms with Gasteiger partial charge in [0.1, 0.15) is 11.5 Å². The first-order valence-corrected chi connectivity index (χ1v) is 5.71. The molecule has 0 aromatic heterocycles. The zero-order valence-electron chi connectivity index (χ0n) is 9.11. The zero-order chi connectivity index (χ0) is 11.4. The number of alkyl halides is 1. The quantitative estimate of drug-likeness (QED) is 0.707. The Morgan fingerprint density at radius 1 is 1.06 bits per heavy atom. The number of para-hydroxylation sites is 1. The highest BCUT2D eigenvalue weighted by Crippen LogP contribution is 2.27. The van der Waals surface area contributed by atoms with Crippen LogP contribution in [0.15, 0.2) is 48.5 Å². The topological polar surface area (TPSA) is 9.23 Å². The molecule has 0 atom stereocenters. The summed E-state index contributed by atoms with van der Waals surface area (Å²) in [4.78, 5) is 0. The van der Waals surface area contributed by atoms with E-state index in [9.17, 15) is 0 Å². The molecule has 2 heteroatoms. The minimum atomic E-state index is 0.462. The van der Waals surface area contributed by atoms with Gasteiger partial charge in [0.25, 0.3) is 0 Å². The fourth-order valence-corrected chi connectivity index (χ4v) is 1.74. The second-order valence-corrected chi connectivity index (χ2v) is 3.93. The Morgan fingerprint density at radius 2 is 1.81 bits per heavy atom. The predicted molar refractivity (Wildman–Crippen MR) is 67.3 cm³/mol. The highest BCUT2D eigenvalue weighted by molar-refractivity contribution is 6.17. The average molecular weight is 233 g/mol. The first kappa shape index (κ1) is 11.0. The smallest absolute Gasteiger partial charge is 0.131 e. The SMILES string of the molecule is Cc1ccc(Oc2ccccc2)c(CCl)c1. The van der Waals surface area contributed by atoms with E-state index in [0.717, 1.165) is 17.1 Å². The molecule has 0 unspecified atom stereocenters. The molecule has 0 heterocycles. The molecule has 82 valence electrons. The summed E-state index contributed by atoms with van der Waals surface area (Å²) >= 11 is 5.89. The summed E-state index contributed by atoms with van der Waals surface area (Å²) in [6.07, 6.45) is 0. The molecule has 0 saturated carbocycles. The number of benzene rings is 2. The Balaban J connectivity index is 2.28. The predicted octanol–water partition coefficient (Wildman–Crippen LogP) is 4.53. The number of ether oxygens (including phenoxy) is 1. The van der Waals surface area contributed by atoms with Crippen LogP contribution in [0.25, 0.3) is 0 Å². The maximum Gasteiger partial charge on any atom is 0.131 e. The summed E-state index contributed by atoms with van der Waals surface area (Å²) in [7, 11) is 0. The molecule has 16 heavy (non-hydrogen) atoms. The van der Waals surface area contributed by atoms with Crippen LogP contribution in [-0.2, 0) is 5.88 Å². The van der Waals surface area contributed by atoms with Gasteiger partial charge in [0.2, 0.25) is 0 Å². The van der Waals surface area contributed by atoms with E-state index in [1.54, 1.807) is 0 Å². The molecule has 0 amide bonds. The Labute approximate surface area is 101 Å². The van der Waals surface area contributed by atoms with Gasteiger partial charge in [-0.3, -0.25) is 0 Å². The van der Waals surface area contributed by atoms with E-state index in [0.29, 0.717) is 5.88 Å². The van der Waals surface area contributed by atoms with Gasteiger partial charge >= 0.3 is 0 Å². The first-order valence-electron chi connectivity index (χ1n) is 5.18. The summed E-state index contributed by atoms with van der Waals surface area (Å²) in [5, 5.41) is 0. The van der Waals surface area contributed by atoms with Gasteiger partial charge in [0.05, 0.1) is 5.88 Å². The third-order valence-electron chi connectivity index (χ3n) is 2.33. The minimum absolute atomic E-state index is 0.462. The summed E-state index contributed by atoms with van der Waals surface area (Å²) in [6, 6.07) is 15.7. The average Bonchev–Trinajstić information content (AvgIpc) is 2.33. The molecule has 0 N–H and O–H groups in total. The van der Waals surface area contributed by atoms with Crippen molar-refractivity contribution in [3.63, 3.8) is 0 Å². The number of halogens is 1. The number of aryl methyl sites for hydroxylation is 1. The van der Waals surface area contributed by atoms with Gasteiger partial charge < -0.3 is 4.74 Å². The maximum atomic E-state index is 5.89. The summed E-state index contributed by atoms with van der Waals surface area (Å²) in [5.74, 6) is 2.12. The number of rotatable bonds is 3. The molecule has 0 bridgehead atoms. The van der Waals surface area contributed by atoms with Gasteiger partial charge in [0.15, 0.2) is 0 Å². The fourth-order valence-electron chi connectivity index (χ4n) is 1.53. The van der Waals surface area contributed by atoms with Crippen LogP contribution in [0.2, 0.25) is 0 Å². The van der Waals surface area contributed by atoms with E-state index in [4.69, 9.17) is 16.3 Å². The lowest BCUT2D eigenvalue weighted by Crippen LogP contribution is -1.90. The van der Waals surface area contributed by atoms with Crippen LogP contribution in [0.4, 0.5) is 0 Å². The molecule has 0 aliphatic rings. The van der Waals surface area contributed by atoms with E-state index in [-0.39, 0.29) is 0 Å². The third-order valence-corrected chi connectivity index (χ3v) is 2.62. The van der Waals surface area contributed by atoms with Crippen molar-refractivity contribution >= 4 is 11.6 Å². The van der Waals surface area contributed by atoms with E-state index in [1.165, 1.54) is 5.56 Å². The molecular weight excluding hydrogens is 220 g/mol. The monoisotopic (exact) mass is 232 g/mol. The first-order chi connectivity index (χ1) is 7.79. The molecule has 0 radical (unpaired) electrons. The van der Waals surface area contributed by atoms with Crippen molar-refractivity contribution in [2.24, 2.45) is 0 Å². The van der Waals surface area contributed by atoms with Crippen LogP contribution in [0.3, 0.4) is 0 Å². The van der Waals surface area contributed by atoms with Crippen molar-refractivity contribution in [3.8, 4) is 11.5 Å². The van der Waals surface area contributed by atoms with E-state index in [1.807, 2.05) is 55.5 Å². The van der Waals surface area contributed by atoms with Crippen LogP contribution in [-0.4, -0.2) is 0 Å². The van der Waals surface area contributed by atoms with Crippen LogP contribution >= 0.6 is 11.6 Å². The minimum Gasteiger partial charge on any atom is -0.457 e. The molecule has 0 fully saturated rings. The standard InChI is InChI=1S/C14H13ClO/c1-11-7-8-14(12(9-11)10-15)16-13-5-3-2-4-6-13/h2-9H,10H2,1H3. The number of hydrogen-bond acceptors (Lipinski definition) is 1. The van der Waals surface area contributed by atoms with Gasteiger partial charge in [-0.05, 0) is 25.1 Å². The maximum absolute atomic E-state index is 5.89. The molecule has 1 nitrogen and oxygen atoms in total. The second kappa shape index (κ2) is 5.04. The van der Waals surface area contributed by atoms with Crippen molar-refractivity contribution in [2.45, 2.75) is 12.8 Å². The largest absolute Gasteiger partial charge is 0.457 e. The van der Waals surface area contributed by atoms with Crippen LogP contribution in [0.1, 0.15) is 11.1 Å². The second-order valence-electron chi connectivity index (χ2n) is 3.66. The van der Waals surface area contributed by atoms with Gasteiger partial charge in [-0.15, -0.1) is 11.6 Å². The Morgan fingerprint density at radius 3 is 2.50 bits per heavy atom. The Bertz CT molecular complexity index is 465. The van der Waals surface area contributed by atoms with Crippen molar-refractivity contribution in [1.82, 2.24) is 0 Å². The molecule has 2 aromatic rings. The molecule has 2 rings (SSSR count). The summed E-state index contributed by atoms with van der Waals surface area (Å²) in [5.41, 5.74) is 2.21. The fraction of sp³-hybridized carbons (Fsp3) is 0.143. The van der Waals surface area contributed by atoms with Gasteiger partial charge in [-0.2, -0.15) is 0 Å². The zero-order valence-corrected chi connectivity index (χ0v) is 9.87. The summed E-state index contributed by atoms with van der Waals surface area (Å²) < 4.78 is 5.77. The summed E-state index contributed by atoms with van der Waals surface area (Å²) in [6.45, 7) is 2.04. The van der Waals surface area contributed by atoms with Crippen LogP contribution in [0.5, 0.6) is 11.5 Å². The van der Waals surface area contributed by atoms with E-state index < -0.39 is 0 Å². The lowest BCUT2D eigenvalue weighted by Gasteiger charge is -2.10. The highest BCUT2D eigenvalue weighted by Gasteiger charge is 2.03. The van der Waals surface area contributed by atoms with Crippen molar-refractivity contribution in [3.05, 3.63) is 59.7 Å². The molecule has 2 aromatic carbocycles. The lowest BCUT2D eigenvalue weighted by atomic mass is 10.1. The van der Waals surface area contributed by atoms with Crippen LogP contribution < -0.4 is 4.74 Å². The van der Waals surface area contributed by atoms with Gasteiger partial charge in [-0.1, -0.05) is 35.9 Å². The van der Waals surface area contributed by atoms with E-state index >= 15 is 0 Å². The normalized spacial score (nSPS) is 10.1. The number of hydrogen-bond donors (Lipinski definition) is 0. The van der Waals surface area contributed by atoms with Crippen molar-refractivity contribution in [2.75, 3.05) is 0 Å². The Kier molecular flexibility index (Phi) is 3.47. The van der Waals surface area contributed by atoms with Gasteiger partial charge in [-0.25, -0.2) is 0 Å². The third kappa shape index (κ3) is 2.56. The van der Waals surface area contributed by atoms with Crippen LogP contribution in [0, 0.1) is 6.92 Å². The highest BCUT2D eigenvalue weighted by atomic mass is 35.5. The van der Waals surface area contributed by atoms with Crippen molar-refractivity contribution < 1.29 is 4.74 Å².